The number of aryl methyl sites for hydroxylation is 1. The van der Waals surface area contributed by atoms with Gasteiger partial charge in [-0.25, -0.2) is 9.97 Å². The zero-order valence-corrected chi connectivity index (χ0v) is 11.9. The van der Waals surface area contributed by atoms with Gasteiger partial charge in [0.2, 0.25) is 5.95 Å². The molecule has 0 aromatic carbocycles. The van der Waals surface area contributed by atoms with Crippen LogP contribution in [0.2, 0.25) is 0 Å². The SMILES string of the molecule is CCn1c(N(C)C)nc2cc(-c3ccncc3)cnc21. The topological polar surface area (TPSA) is 46.8 Å². The zero-order chi connectivity index (χ0) is 14.1. The van der Waals surface area contributed by atoms with E-state index in [0.717, 1.165) is 34.8 Å². The largest absolute Gasteiger partial charge is 0.348 e. The Balaban J connectivity index is 2.17. The van der Waals surface area contributed by atoms with Crippen molar-refractivity contribution in [1.82, 2.24) is 19.5 Å². The molecule has 0 amide bonds. The molecule has 0 atom stereocenters. The highest BCUT2D eigenvalue weighted by molar-refractivity contribution is 5.80. The van der Waals surface area contributed by atoms with Crippen molar-refractivity contribution in [2.45, 2.75) is 13.5 Å². The predicted octanol–water partition coefficient (Wildman–Crippen LogP) is 2.58. The number of hydrogen-bond acceptors (Lipinski definition) is 4. The lowest BCUT2D eigenvalue weighted by Crippen LogP contribution is -2.15. The van der Waals surface area contributed by atoms with Crippen LogP contribution in [0.4, 0.5) is 5.95 Å². The number of anilines is 1. The Bertz CT molecular complexity index is 731. The Kier molecular flexibility index (Phi) is 3.10. The van der Waals surface area contributed by atoms with Gasteiger partial charge in [0.25, 0.3) is 0 Å². The van der Waals surface area contributed by atoms with Gasteiger partial charge in [0.15, 0.2) is 5.65 Å². The Morgan fingerprint density at radius 2 is 1.90 bits per heavy atom. The number of aromatic nitrogens is 4. The summed E-state index contributed by atoms with van der Waals surface area (Å²) in [5.74, 6) is 0.932. The monoisotopic (exact) mass is 267 g/mol. The van der Waals surface area contributed by atoms with E-state index in [1.807, 2.05) is 37.3 Å². The first-order valence-electron chi connectivity index (χ1n) is 6.64. The first kappa shape index (κ1) is 12.6. The predicted molar refractivity (Wildman–Crippen MR) is 80.8 cm³/mol. The van der Waals surface area contributed by atoms with E-state index in [2.05, 4.69) is 32.5 Å². The van der Waals surface area contributed by atoms with Gasteiger partial charge in [-0.15, -0.1) is 0 Å². The van der Waals surface area contributed by atoms with Gasteiger partial charge in [-0.2, -0.15) is 0 Å². The molecule has 20 heavy (non-hydrogen) atoms. The molecule has 0 saturated heterocycles. The minimum atomic E-state index is 0.853. The second-order valence-electron chi connectivity index (χ2n) is 4.85. The summed E-state index contributed by atoms with van der Waals surface area (Å²) in [6.07, 6.45) is 5.47. The standard InChI is InChI=1S/C15H17N5/c1-4-20-14-13(18-15(20)19(2)3)9-12(10-17-14)11-5-7-16-8-6-11/h5-10H,4H2,1-3H3. The molecule has 102 valence electrons. The average Bonchev–Trinajstić information content (AvgIpc) is 2.86. The first-order valence-corrected chi connectivity index (χ1v) is 6.64. The van der Waals surface area contributed by atoms with Crippen LogP contribution in [0.25, 0.3) is 22.3 Å². The molecule has 0 radical (unpaired) electrons. The molecule has 0 bridgehead atoms. The molecule has 0 aliphatic carbocycles. The van der Waals surface area contributed by atoms with Crippen LogP contribution in [0, 0.1) is 0 Å². The van der Waals surface area contributed by atoms with E-state index in [0.29, 0.717) is 0 Å². The molecule has 0 saturated carbocycles. The van der Waals surface area contributed by atoms with Crippen molar-refractivity contribution >= 4 is 17.1 Å². The van der Waals surface area contributed by atoms with E-state index in [-0.39, 0.29) is 0 Å². The number of rotatable bonds is 3. The Morgan fingerprint density at radius 1 is 1.15 bits per heavy atom. The van der Waals surface area contributed by atoms with Crippen molar-refractivity contribution < 1.29 is 0 Å². The van der Waals surface area contributed by atoms with Gasteiger partial charge in [0.05, 0.1) is 0 Å². The normalized spacial score (nSPS) is 10.9. The summed E-state index contributed by atoms with van der Waals surface area (Å²) < 4.78 is 2.12. The summed E-state index contributed by atoms with van der Waals surface area (Å²) in [7, 11) is 3.99. The number of imidazole rings is 1. The molecule has 3 heterocycles. The lowest BCUT2D eigenvalue weighted by atomic mass is 10.1. The summed E-state index contributed by atoms with van der Waals surface area (Å²) in [4.78, 5) is 15.3. The van der Waals surface area contributed by atoms with Gasteiger partial charge in [-0.3, -0.25) is 9.55 Å². The third-order valence-electron chi connectivity index (χ3n) is 3.29. The van der Waals surface area contributed by atoms with Crippen LogP contribution in [-0.4, -0.2) is 33.6 Å². The van der Waals surface area contributed by atoms with Crippen molar-refractivity contribution in [3.63, 3.8) is 0 Å². The third kappa shape index (κ3) is 2.01. The molecule has 3 aromatic rings. The summed E-state index contributed by atoms with van der Waals surface area (Å²) in [5.41, 5.74) is 4.01. The van der Waals surface area contributed by atoms with Crippen LogP contribution < -0.4 is 4.90 Å². The van der Waals surface area contributed by atoms with Crippen LogP contribution in [0.1, 0.15) is 6.92 Å². The second kappa shape index (κ2) is 4.92. The molecule has 3 rings (SSSR count). The number of nitrogens with zero attached hydrogens (tertiary/aromatic N) is 5. The molecule has 0 fully saturated rings. The quantitative estimate of drug-likeness (QED) is 0.731. The summed E-state index contributed by atoms with van der Waals surface area (Å²) in [6.45, 7) is 2.96. The third-order valence-corrected chi connectivity index (χ3v) is 3.29. The molecular formula is C15H17N5. The smallest absolute Gasteiger partial charge is 0.207 e. The minimum Gasteiger partial charge on any atom is -0.348 e. The van der Waals surface area contributed by atoms with Gasteiger partial charge >= 0.3 is 0 Å². The molecule has 0 unspecified atom stereocenters. The van der Waals surface area contributed by atoms with E-state index >= 15 is 0 Å². The highest BCUT2D eigenvalue weighted by Gasteiger charge is 2.13. The fraction of sp³-hybridized carbons (Fsp3) is 0.267. The molecule has 5 nitrogen and oxygen atoms in total. The first-order chi connectivity index (χ1) is 9.70. The van der Waals surface area contributed by atoms with Crippen molar-refractivity contribution in [3.05, 3.63) is 36.8 Å². The van der Waals surface area contributed by atoms with E-state index in [1.54, 1.807) is 12.4 Å². The number of hydrogen-bond donors (Lipinski definition) is 0. The summed E-state index contributed by atoms with van der Waals surface area (Å²) in [6, 6.07) is 6.04. The highest BCUT2D eigenvalue weighted by Crippen LogP contribution is 2.25. The van der Waals surface area contributed by atoms with Crippen molar-refractivity contribution in [3.8, 4) is 11.1 Å². The molecule has 0 spiro atoms. The van der Waals surface area contributed by atoms with E-state index in [4.69, 9.17) is 0 Å². The van der Waals surface area contributed by atoms with E-state index in [1.165, 1.54) is 0 Å². The van der Waals surface area contributed by atoms with Crippen molar-refractivity contribution in [1.29, 1.82) is 0 Å². The Morgan fingerprint density at radius 3 is 2.55 bits per heavy atom. The van der Waals surface area contributed by atoms with Crippen LogP contribution in [0.5, 0.6) is 0 Å². The maximum absolute atomic E-state index is 4.68. The zero-order valence-electron chi connectivity index (χ0n) is 11.9. The molecule has 0 aliphatic heterocycles. The molecule has 0 aliphatic rings. The molecular weight excluding hydrogens is 250 g/mol. The number of fused-ring (bicyclic) bond motifs is 1. The van der Waals surface area contributed by atoms with Gasteiger partial charge in [-0.1, -0.05) is 0 Å². The maximum atomic E-state index is 4.68. The summed E-state index contributed by atoms with van der Waals surface area (Å²) >= 11 is 0. The molecule has 5 heteroatoms. The van der Waals surface area contributed by atoms with Crippen LogP contribution in [0.15, 0.2) is 36.8 Å². The Labute approximate surface area is 117 Å². The van der Waals surface area contributed by atoms with Gasteiger partial charge in [0.1, 0.15) is 5.52 Å². The Hall–Kier alpha value is -2.43. The second-order valence-corrected chi connectivity index (χ2v) is 4.85. The highest BCUT2D eigenvalue weighted by atomic mass is 15.3. The van der Waals surface area contributed by atoms with Crippen LogP contribution in [0.3, 0.4) is 0 Å². The van der Waals surface area contributed by atoms with Gasteiger partial charge in [0, 0.05) is 44.8 Å². The van der Waals surface area contributed by atoms with Crippen LogP contribution >= 0.6 is 0 Å². The van der Waals surface area contributed by atoms with E-state index < -0.39 is 0 Å². The van der Waals surface area contributed by atoms with Crippen LogP contribution in [-0.2, 0) is 6.54 Å². The fourth-order valence-corrected chi connectivity index (χ4v) is 2.33. The molecule has 0 N–H and O–H groups in total. The average molecular weight is 267 g/mol. The van der Waals surface area contributed by atoms with Gasteiger partial charge in [-0.05, 0) is 30.7 Å². The lowest BCUT2D eigenvalue weighted by molar-refractivity contribution is 0.762. The minimum absolute atomic E-state index is 0.853. The number of pyridine rings is 2. The van der Waals surface area contributed by atoms with Crippen molar-refractivity contribution in [2.75, 3.05) is 19.0 Å². The van der Waals surface area contributed by atoms with Crippen molar-refractivity contribution in [2.24, 2.45) is 0 Å². The lowest BCUT2D eigenvalue weighted by Gasteiger charge is -2.12. The fourth-order valence-electron chi connectivity index (χ4n) is 2.33. The molecule has 3 aromatic heterocycles. The summed E-state index contributed by atoms with van der Waals surface area (Å²) in [5, 5.41) is 0. The van der Waals surface area contributed by atoms with Gasteiger partial charge < -0.3 is 4.90 Å². The van der Waals surface area contributed by atoms with E-state index in [9.17, 15) is 0 Å². The maximum Gasteiger partial charge on any atom is 0.207 e.